The van der Waals surface area contributed by atoms with E-state index < -0.39 is 0 Å². The number of aliphatic hydroxyl groups is 1. The van der Waals surface area contributed by atoms with Gasteiger partial charge < -0.3 is 14.7 Å². The van der Waals surface area contributed by atoms with Crippen molar-refractivity contribution in [3.63, 3.8) is 0 Å². The summed E-state index contributed by atoms with van der Waals surface area (Å²) in [4.78, 5) is 14.2. The van der Waals surface area contributed by atoms with Crippen molar-refractivity contribution in [3.8, 4) is 0 Å². The Morgan fingerprint density at radius 2 is 2.12 bits per heavy atom. The zero-order valence-electron chi connectivity index (χ0n) is 10.3. The van der Waals surface area contributed by atoms with E-state index in [2.05, 4.69) is 6.92 Å². The third-order valence-corrected chi connectivity index (χ3v) is 4.76. The van der Waals surface area contributed by atoms with Gasteiger partial charge >= 0.3 is 0 Å². The molecule has 0 bridgehead atoms. The first kappa shape index (κ1) is 11.5. The van der Waals surface area contributed by atoms with Crippen LogP contribution in [0.2, 0.25) is 0 Å². The van der Waals surface area contributed by atoms with Crippen LogP contribution in [0.15, 0.2) is 0 Å². The van der Waals surface area contributed by atoms with Gasteiger partial charge in [0.25, 0.3) is 5.91 Å². The maximum absolute atomic E-state index is 12.3. The Labute approximate surface area is 102 Å². The highest BCUT2D eigenvalue weighted by Crippen LogP contribution is 2.38. The quantitative estimate of drug-likeness (QED) is 0.730. The summed E-state index contributed by atoms with van der Waals surface area (Å²) >= 11 is 0. The maximum atomic E-state index is 12.3. The Balaban J connectivity index is 1.65. The van der Waals surface area contributed by atoms with Crippen molar-refractivity contribution in [2.45, 2.75) is 38.4 Å². The Bertz CT molecular complexity index is 320. The van der Waals surface area contributed by atoms with E-state index in [0.29, 0.717) is 24.4 Å². The molecule has 3 aliphatic rings. The highest BCUT2D eigenvalue weighted by atomic mass is 16.5. The lowest BCUT2D eigenvalue weighted by Gasteiger charge is -2.23. The number of amides is 1. The molecule has 96 valence electrons. The fourth-order valence-electron chi connectivity index (χ4n) is 3.61. The van der Waals surface area contributed by atoms with Gasteiger partial charge in [-0.25, -0.2) is 0 Å². The second-order valence-corrected chi connectivity index (χ2v) is 5.87. The highest BCUT2D eigenvalue weighted by Gasteiger charge is 2.45. The zero-order chi connectivity index (χ0) is 12.0. The molecular formula is C13H21NO3. The van der Waals surface area contributed by atoms with E-state index in [0.717, 1.165) is 32.4 Å². The van der Waals surface area contributed by atoms with E-state index in [1.54, 1.807) is 0 Å². The minimum absolute atomic E-state index is 0.150. The summed E-state index contributed by atoms with van der Waals surface area (Å²) in [6, 6.07) is 0. The largest absolute Gasteiger partial charge is 0.393 e. The number of carbonyl (C=O) groups is 1. The summed E-state index contributed by atoms with van der Waals surface area (Å²) in [6.45, 7) is 4.35. The normalized spacial score (nSPS) is 45.3. The van der Waals surface area contributed by atoms with E-state index in [1.165, 1.54) is 0 Å². The molecule has 1 aliphatic carbocycles. The van der Waals surface area contributed by atoms with Crippen LogP contribution in [-0.2, 0) is 9.53 Å². The molecule has 0 aromatic heterocycles. The van der Waals surface area contributed by atoms with Crippen LogP contribution in [0.1, 0.15) is 26.2 Å². The monoisotopic (exact) mass is 239 g/mol. The SMILES string of the molecule is CC1CCOC1C(=O)N1CC2CCC(O)C2C1. The number of rotatable bonds is 1. The Morgan fingerprint density at radius 1 is 1.29 bits per heavy atom. The molecule has 0 aromatic carbocycles. The summed E-state index contributed by atoms with van der Waals surface area (Å²) in [6.07, 6.45) is 2.54. The first-order chi connectivity index (χ1) is 8.16. The van der Waals surface area contributed by atoms with Crippen molar-refractivity contribution < 1.29 is 14.6 Å². The summed E-state index contributed by atoms with van der Waals surface area (Å²) in [5.41, 5.74) is 0. The third kappa shape index (κ3) is 1.87. The van der Waals surface area contributed by atoms with Crippen LogP contribution in [0.25, 0.3) is 0 Å². The van der Waals surface area contributed by atoms with Crippen molar-refractivity contribution in [1.29, 1.82) is 0 Å². The third-order valence-electron chi connectivity index (χ3n) is 4.76. The van der Waals surface area contributed by atoms with Crippen molar-refractivity contribution in [2.75, 3.05) is 19.7 Å². The topological polar surface area (TPSA) is 49.8 Å². The molecule has 1 saturated carbocycles. The van der Waals surface area contributed by atoms with Gasteiger partial charge in [-0.3, -0.25) is 4.79 Å². The standard InChI is InChI=1S/C13H21NO3/c1-8-4-5-17-12(8)13(16)14-6-9-2-3-11(15)10(9)7-14/h8-12,15H,2-7H2,1H3. The van der Waals surface area contributed by atoms with Gasteiger partial charge in [-0.1, -0.05) is 6.92 Å². The molecule has 2 heterocycles. The molecule has 1 amide bonds. The van der Waals surface area contributed by atoms with E-state index in [4.69, 9.17) is 4.74 Å². The van der Waals surface area contributed by atoms with E-state index in [1.807, 2.05) is 4.90 Å². The Kier molecular flexibility index (Phi) is 2.87. The van der Waals surface area contributed by atoms with Gasteiger partial charge in [-0.2, -0.15) is 0 Å². The van der Waals surface area contributed by atoms with E-state index in [-0.39, 0.29) is 18.1 Å². The Hall–Kier alpha value is -0.610. The molecule has 0 radical (unpaired) electrons. The lowest BCUT2D eigenvalue weighted by Crippen LogP contribution is -2.40. The van der Waals surface area contributed by atoms with Crippen LogP contribution in [0.4, 0.5) is 0 Å². The van der Waals surface area contributed by atoms with E-state index in [9.17, 15) is 9.90 Å². The fraction of sp³-hybridized carbons (Fsp3) is 0.923. The summed E-state index contributed by atoms with van der Waals surface area (Å²) in [7, 11) is 0. The predicted molar refractivity (Wildman–Crippen MR) is 62.3 cm³/mol. The summed E-state index contributed by atoms with van der Waals surface area (Å²) < 4.78 is 5.53. The molecule has 4 nitrogen and oxygen atoms in total. The second-order valence-electron chi connectivity index (χ2n) is 5.87. The second kappa shape index (κ2) is 4.25. The van der Waals surface area contributed by atoms with E-state index >= 15 is 0 Å². The van der Waals surface area contributed by atoms with Crippen molar-refractivity contribution >= 4 is 5.91 Å². The molecule has 2 aliphatic heterocycles. The van der Waals surface area contributed by atoms with Gasteiger partial charge in [-0.15, -0.1) is 0 Å². The molecule has 0 aromatic rings. The lowest BCUT2D eigenvalue weighted by molar-refractivity contribution is -0.141. The Morgan fingerprint density at radius 3 is 2.76 bits per heavy atom. The van der Waals surface area contributed by atoms with Gasteiger partial charge in [0, 0.05) is 25.6 Å². The van der Waals surface area contributed by atoms with Gasteiger partial charge in [0.2, 0.25) is 0 Å². The smallest absolute Gasteiger partial charge is 0.251 e. The van der Waals surface area contributed by atoms with Crippen LogP contribution in [0.5, 0.6) is 0 Å². The van der Waals surface area contributed by atoms with Crippen LogP contribution in [0, 0.1) is 17.8 Å². The van der Waals surface area contributed by atoms with Crippen LogP contribution < -0.4 is 0 Å². The molecule has 5 unspecified atom stereocenters. The molecule has 17 heavy (non-hydrogen) atoms. The van der Waals surface area contributed by atoms with Crippen molar-refractivity contribution in [1.82, 2.24) is 4.90 Å². The van der Waals surface area contributed by atoms with Crippen molar-refractivity contribution in [2.24, 2.45) is 17.8 Å². The number of hydrogen-bond donors (Lipinski definition) is 1. The number of hydrogen-bond acceptors (Lipinski definition) is 3. The lowest BCUT2D eigenvalue weighted by atomic mass is 10.00. The number of carbonyl (C=O) groups excluding carboxylic acids is 1. The number of aliphatic hydroxyl groups excluding tert-OH is 1. The average molecular weight is 239 g/mol. The van der Waals surface area contributed by atoms with Crippen molar-refractivity contribution in [3.05, 3.63) is 0 Å². The average Bonchev–Trinajstić information content (AvgIpc) is 2.96. The first-order valence-electron chi connectivity index (χ1n) is 6.75. The van der Waals surface area contributed by atoms with Gasteiger partial charge in [0.1, 0.15) is 6.10 Å². The zero-order valence-corrected chi connectivity index (χ0v) is 10.3. The molecule has 5 atom stereocenters. The molecule has 4 heteroatoms. The summed E-state index contributed by atoms with van der Waals surface area (Å²) in [5.74, 6) is 1.32. The maximum Gasteiger partial charge on any atom is 0.251 e. The van der Waals surface area contributed by atoms with Crippen LogP contribution in [-0.4, -0.2) is 47.8 Å². The molecule has 3 rings (SSSR count). The molecular weight excluding hydrogens is 218 g/mol. The molecule has 2 saturated heterocycles. The molecule has 1 N–H and O–H groups in total. The molecule has 0 spiro atoms. The van der Waals surface area contributed by atoms with Gasteiger partial charge in [-0.05, 0) is 31.1 Å². The minimum atomic E-state index is -0.231. The molecule has 3 fully saturated rings. The van der Waals surface area contributed by atoms with Gasteiger partial charge in [0.15, 0.2) is 0 Å². The number of nitrogens with zero attached hydrogens (tertiary/aromatic N) is 1. The first-order valence-corrected chi connectivity index (χ1v) is 6.75. The number of fused-ring (bicyclic) bond motifs is 1. The number of ether oxygens (including phenoxy) is 1. The van der Waals surface area contributed by atoms with Gasteiger partial charge in [0.05, 0.1) is 6.10 Å². The fourth-order valence-corrected chi connectivity index (χ4v) is 3.61. The van der Waals surface area contributed by atoms with Crippen LogP contribution in [0.3, 0.4) is 0 Å². The highest BCUT2D eigenvalue weighted by molar-refractivity contribution is 5.81. The predicted octanol–water partition coefficient (Wildman–Crippen LogP) is 0.641. The van der Waals surface area contributed by atoms with Crippen LogP contribution >= 0.6 is 0 Å². The minimum Gasteiger partial charge on any atom is -0.393 e. The summed E-state index contributed by atoms with van der Waals surface area (Å²) in [5, 5.41) is 9.85. The number of likely N-dealkylation sites (tertiary alicyclic amines) is 1.